The van der Waals surface area contributed by atoms with E-state index in [1.807, 2.05) is 60.6 Å². The van der Waals surface area contributed by atoms with Crippen LogP contribution in [0.5, 0.6) is 0 Å². The summed E-state index contributed by atoms with van der Waals surface area (Å²) in [7, 11) is 0. The number of aromatic amines is 1. The van der Waals surface area contributed by atoms with Gasteiger partial charge in [0.1, 0.15) is 5.82 Å². The Kier molecular flexibility index (Phi) is 13.9. The molecule has 0 aliphatic carbocycles. The number of carbonyl (C=O) groups excluding carboxylic acids is 1. The number of aromatic nitrogens is 1. The number of pyridine rings is 1. The van der Waals surface area contributed by atoms with Crippen molar-refractivity contribution >= 4 is 11.6 Å². The van der Waals surface area contributed by atoms with Gasteiger partial charge in [-0.15, -0.1) is 0 Å². The van der Waals surface area contributed by atoms with Crippen molar-refractivity contribution in [3.8, 4) is 0 Å². The molecular formula is C35H51FN4O2. The molecule has 1 aromatic heterocycles. The predicted molar refractivity (Wildman–Crippen MR) is 174 cm³/mol. The molecule has 2 heterocycles. The van der Waals surface area contributed by atoms with Gasteiger partial charge in [-0.2, -0.15) is 0 Å². The summed E-state index contributed by atoms with van der Waals surface area (Å²) in [5, 5.41) is 2.83. The van der Waals surface area contributed by atoms with E-state index in [2.05, 4.69) is 58.2 Å². The first-order chi connectivity index (χ1) is 20.2. The van der Waals surface area contributed by atoms with Crippen molar-refractivity contribution < 1.29 is 9.18 Å². The molecule has 1 saturated heterocycles. The average Bonchev–Trinajstić information content (AvgIpc) is 2.98. The molecule has 1 amide bonds. The second-order valence-corrected chi connectivity index (χ2v) is 10.5. The van der Waals surface area contributed by atoms with Crippen molar-refractivity contribution in [2.24, 2.45) is 0 Å². The standard InChI is InChI=1S/C31H39FN4O2.2C2H6/c1-6-36(26-12-13-35(22(4)15-26)19-24-10-8-7-9-11-24)29-17-25(32)16-27(23(29)5)30(37)33-18-28-20(2)14-21(3)34-31(28)38;2*1-2/h7-11,14,16-17,22,26H,6,12-13,15,18-19H2,1-5H3,(H,33,37)(H,34,38);2*1-2H3. The number of halogens is 1. The van der Waals surface area contributed by atoms with Gasteiger partial charge < -0.3 is 15.2 Å². The summed E-state index contributed by atoms with van der Waals surface area (Å²) in [4.78, 5) is 33.1. The van der Waals surface area contributed by atoms with E-state index in [4.69, 9.17) is 0 Å². The number of H-pyrrole nitrogens is 1. The summed E-state index contributed by atoms with van der Waals surface area (Å²) in [5.41, 5.74) is 4.99. The largest absolute Gasteiger partial charge is 0.368 e. The Morgan fingerprint density at radius 2 is 1.74 bits per heavy atom. The lowest BCUT2D eigenvalue weighted by Gasteiger charge is -2.43. The number of aryl methyl sites for hydroxylation is 2. The molecule has 2 aromatic carbocycles. The van der Waals surface area contributed by atoms with Crippen LogP contribution in [-0.4, -0.2) is 41.0 Å². The fraction of sp³-hybridized carbons (Fsp3) is 0.486. The molecule has 0 saturated carbocycles. The van der Waals surface area contributed by atoms with Crippen LogP contribution in [0, 0.1) is 26.6 Å². The van der Waals surface area contributed by atoms with Gasteiger partial charge in [0.15, 0.2) is 0 Å². The predicted octanol–water partition coefficient (Wildman–Crippen LogP) is 7.30. The highest BCUT2D eigenvalue weighted by Gasteiger charge is 2.30. The first-order valence-electron chi connectivity index (χ1n) is 15.5. The lowest BCUT2D eigenvalue weighted by molar-refractivity contribution is 0.0949. The van der Waals surface area contributed by atoms with E-state index in [9.17, 15) is 14.0 Å². The number of amides is 1. The topological polar surface area (TPSA) is 68.4 Å². The number of likely N-dealkylation sites (tertiary alicyclic amines) is 1. The molecule has 1 aliphatic heterocycles. The van der Waals surface area contributed by atoms with E-state index < -0.39 is 5.82 Å². The maximum absolute atomic E-state index is 14.9. The van der Waals surface area contributed by atoms with Crippen LogP contribution in [-0.2, 0) is 13.1 Å². The number of nitrogens with zero attached hydrogens (tertiary/aromatic N) is 2. The molecule has 1 aliphatic rings. The third kappa shape index (κ3) is 8.78. The molecule has 1 fully saturated rings. The summed E-state index contributed by atoms with van der Waals surface area (Å²) in [6, 6.07) is 15.9. The van der Waals surface area contributed by atoms with Crippen molar-refractivity contribution in [3.05, 3.63) is 98.2 Å². The molecule has 0 spiro atoms. The number of benzene rings is 2. The van der Waals surface area contributed by atoms with Gasteiger partial charge in [-0.3, -0.25) is 14.5 Å². The van der Waals surface area contributed by atoms with Crippen LogP contribution in [0.1, 0.15) is 92.7 Å². The number of nitrogens with one attached hydrogen (secondary N) is 2. The molecule has 2 unspecified atom stereocenters. The number of hydrogen-bond donors (Lipinski definition) is 2. The third-order valence-electron chi connectivity index (χ3n) is 7.81. The van der Waals surface area contributed by atoms with E-state index in [0.29, 0.717) is 17.2 Å². The Labute approximate surface area is 252 Å². The molecule has 0 bridgehead atoms. The number of anilines is 1. The monoisotopic (exact) mass is 578 g/mol. The Balaban J connectivity index is 0.00000148. The van der Waals surface area contributed by atoms with E-state index in [0.717, 1.165) is 55.0 Å². The average molecular weight is 579 g/mol. The zero-order chi connectivity index (χ0) is 31.4. The normalized spacial score (nSPS) is 16.4. The number of carbonyl (C=O) groups is 1. The molecular weight excluding hydrogens is 527 g/mol. The molecule has 42 heavy (non-hydrogen) atoms. The molecule has 3 aromatic rings. The zero-order valence-electron chi connectivity index (χ0n) is 27.1. The van der Waals surface area contributed by atoms with Gasteiger partial charge in [0.05, 0.1) is 0 Å². The Bertz CT molecular complexity index is 1340. The van der Waals surface area contributed by atoms with Crippen molar-refractivity contribution in [1.29, 1.82) is 0 Å². The summed E-state index contributed by atoms with van der Waals surface area (Å²) < 4.78 is 14.9. The summed E-state index contributed by atoms with van der Waals surface area (Å²) in [5.74, 6) is -0.821. The van der Waals surface area contributed by atoms with Crippen LogP contribution < -0.4 is 15.8 Å². The highest BCUT2D eigenvalue weighted by Crippen LogP contribution is 2.32. The number of rotatable bonds is 8. The highest BCUT2D eigenvalue weighted by molar-refractivity contribution is 5.97. The first-order valence-corrected chi connectivity index (χ1v) is 15.5. The van der Waals surface area contributed by atoms with Crippen molar-refractivity contribution in [1.82, 2.24) is 15.2 Å². The fourth-order valence-corrected chi connectivity index (χ4v) is 5.72. The second kappa shape index (κ2) is 16.9. The van der Waals surface area contributed by atoms with Gasteiger partial charge in [-0.05, 0) is 82.3 Å². The Morgan fingerprint density at radius 3 is 2.33 bits per heavy atom. The fourth-order valence-electron chi connectivity index (χ4n) is 5.72. The number of piperidine rings is 1. The summed E-state index contributed by atoms with van der Waals surface area (Å²) in [6.07, 6.45) is 1.94. The molecule has 230 valence electrons. The first kappa shape index (κ1) is 34.7. The van der Waals surface area contributed by atoms with Crippen LogP contribution in [0.4, 0.5) is 10.1 Å². The second-order valence-electron chi connectivity index (χ2n) is 10.5. The smallest absolute Gasteiger partial charge is 0.253 e. The van der Waals surface area contributed by atoms with Gasteiger partial charge in [0.2, 0.25) is 0 Å². The van der Waals surface area contributed by atoms with Crippen molar-refractivity contribution in [3.63, 3.8) is 0 Å². The third-order valence-corrected chi connectivity index (χ3v) is 7.81. The summed E-state index contributed by atoms with van der Waals surface area (Å²) >= 11 is 0. The van der Waals surface area contributed by atoms with E-state index in [1.165, 1.54) is 11.6 Å². The van der Waals surface area contributed by atoms with E-state index in [-0.39, 0.29) is 24.1 Å². The van der Waals surface area contributed by atoms with E-state index >= 15 is 0 Å². The minimum atomic E-state index is -0.437. The summed E-state index contributed by atoms with van der Waals surface area (Å²) in [6.45, 7) is 20.6. The molecule has 2 N–H and O–H groups in total. The van der Waals surface area contributed by atoms with Gasteiger partial charge in [0, 0.05) is 60.8 Å². The molecule has 7 heteroatoms. The van der Waals surface area contributed by atoms with Crippen molar-refractivity contribution in [2.75, 3.05) is 18.0 Å². The van der Waals surface area contributed by atoms with Crippen LogP contribution in [0.2, 0.25) is 0 Å². The van der Waals surface area contributed by atoms with E-state index in [1.54, 1.807) is 6.07 Å². The van der Waals surface area contributed by atoms with Crippen LogP contribution >= 0.6 is 0 Å². The van der Waals surface area contributed by atoms with Crippen LogP contribution in [0.15, 0.2) is 53.3 Å². The van der Waals surface area contributed by atoms with Gasteiger partial charge in [-0.1, -0.05) is 58.0 Å². The Morgan fingerprint density at radius 1 is 1.07 bits per heavy atom. The maximum atomic E-state index is 14.9. The molecule has 2 atom stereocenters. The maximum Gasteiger partial charge on any atom is 0.253 e. The van der Waals surface area contributed by atoms with Crippen LogP contribution in [0.25, 0.3) is 0 Å². The van der Waals surface area contributed by atoms with Gasteiger partial charge >= 0.3 is 0 Å². The quantitative estimate of drug-likeness (QED) is 0.294. The minimum Gasteiger partial charge on any atom is -0.368 e. The SMILES string of the molecule is CC.CC.CCN(c1cc(F)cc(C(=O)NCc2c(C)cc(C)[nH]c2=O)c1C)C1CCN(Cc2ccccc2)C(C)C1. The molecule has 0 radical (unpaired) electrons. The van der Waals surface area contributed by atoms with Gasteiger partial charge in [0.25, 0.3) is 11.5 Å². The minimum absolute atomic E-state index is 0.0838. The lowest BCUT2D eigenvalue weighted by Crippen LogP contribution is -2.49. The highest BCUT2D eigenvalue weighted by atomic mass is 19.1. The molecule has 6 nitrogen and oxygen atoms in total. The molecule has 4 rings (SSSR count). The Hall–Kier alpha value is -3.45. The zero-order valence-corrected chi connectivity index (χ0v) is 27.1. The van der Waals surface area contributed by atoms with Crippen molar-refractivity contribution in [2.45, 2.75) is 100 Å². The number of hydrogen-bond acceptors (Lipinski definition) is 4. The lowest BCUT2D eigenvalue weighted by atomic mass is 9.94. The van der Waals surface area contributed by atoms with Crippen LogP contribution in [0.3, 0.4) is 0 Å². The van der Waals surface area contributed by atoms with Gasteiger partial charge in [-0.25, -0.2) is 4.39 Å².